The summed E-state index contributed by atoms with van der Waals surface area (Å²) in [5.74, 6) is 0. The minimum absolute atomic E-state index is 0.366. The molecule has 0 aromatic heterocycles. The van der Waals surface area contributed by atoms with E-state index in [-0.39, 0.29) is 0 Å². The third kappa shape index (κ3) is 16.1. The molecule has 0 heterocycles. The molecule has 0 aliphatic carbocycles. The molecule has 0 amide bonds. The Kier molecular flexibility index (Phi) is 16.9. The number of unbranched alkanes of at least 4 members (excludes halogenated alkanes) is 11. The second-order valence-electron chi connectivity index (χ2n) is 7.83. The molecule has 0 aliphatic rings. The van der Waals surface area contributed by atoms with E-state index in [9.17, 15) is 18.1 Å². The van der Waals surface area contributed by atoms with Crippen LogP contribution in [0.15, 0.2) is 0 Å². The molecule has 0 rings (SSSR count). The van der Waals surface area contributed by atoms with Gasteiger partial charge in [-0.25, -0.2) is 0 Å². The van der Waals surface area contributed by atoms with Crippen LogP contribution < -0.4 is 0 Å². The zero-order valence-corrected chi connectivity index (χ0v) is 18.1. The first-order valence-corrected chi connectivity index (χ1v) is 12.6. The summed E-state index contributed by atoms with van der Waals surface area (Å²) in [6.45, 7) is 4.37. The van der Waals surface area contributed by atoms with Crippen molar-refractivity contribution in [1.82, 2.24) is 0 Å². The number of hydrogen-bond donors (Lipinski definition) is 2. The average Bonchev–Trinajstić information content (AvgIpc) is 2.58. The summed E-state index contributed by atoms with van der Waals surface area (Å²) in [4.78, 5) is 0. The van der Waals surface area contributed by atoms with Gasteiger partial charge in [-0.1, -0.05) is 97.3 Å². The number of aliphatic hydroxyl groups excluding tert-OH is 1. The van der Waals surface area contributed by atoms with Gasteiger partial charge in [0.05, 0.1) is 11.4 Å². The van der Waals surface area contributed by atoms with Crippen LogP contribution in [0.1, 0.15) is 123 Å². The van der Waals surface area contributed by atoms with Crippen LogP contribution in [0.4, 0.5) is 0 Å². The SMILES string of the molecule is CCCCCCCCCCC(O)CCC(CCCCCCC)S(=O)(=O)O. The fourth-order valence-corrected chi connectivity index (χ4v) is 4.35. The summed E-state index contributed by atoms with van der Waals surface area (Å²) in [5.41, 5.74) is 0. The minimum Gasteiger partial charge on any atom is -0.393 e. The van der Waals surface area contributed by atoms with Gasteiger partial charge in [0.1, 0.15) is 0 Å². The lowest BCUT2D eigenvalue weighted by Crippen LogP contribution is -2.22. The van der Waals surface area contributed by atoms with Crippen molar-refractivity contribution in [2.24, 2.45) is 0 Å². The number of aliphatic hydroxyl groups is 1. The minimum atomic E-state index is -4.00. The Hall–Kier alpha value is -0.130. The highest BCUT2D eigenvalue weighted by Crippen LogP contribution is 2.19. The van der Waals surface area contributed by atoms with Gasteiger partial charge in [0.2, 0.25) is 0 Å². The van der Waals surface area contributed by atoms with Crippen molar-refractivity contribution < 1.29 is 18.1 Å². The van der Waals surface area contributed by atoms with Crippen LogP contribution in [-0.4, -0.2) is 29.4 Å². The molecule has 0 saturated carbocycles. The Morgan fingerprint density at radius 3 is 1.50 bits per heavy atom. The molecular formula is C21H44O4S. The summed E-state index contributed by atoms with van der Waals surface area (Å²) in [5, 5.41) is 9.39. The summed E-state index contributed by atoms with van der Waals surface area (Å²) < 4.78 is 32.5. The maximum absolute atomic E-state index is 11.5. The first-order chi connectivity index (χ1) is 12.4. The Balaban J connectivity index is 3.83. The van der Waals surface area contributed by atoms with Crippen molar-refractivity contribution in [2.75, 3.05) is 0 Å². The number of hydrogen-bond acceptors (Lipinski definition) is 3. The fourth-order valence-electron chi connectivity index (χ4n) is 3.45. The first-order valence-electron chi connectivity index (χ1n) is 11.1. The van der Waals surface area contributed by atoms with E-state index in [1.54, 1.807) is 0 Å². The Morgan fingerprint density at radius 2 is 1.04 bits per heavy atom. The van der Waals surface area contributed by atoms with Gasteiger partial charge in [0.15, 0.2) is 0 Å². The molecule has 0 fully saturated rings. The molecule has 2 N–H and O–H groups in total. The largest absolute Gasteiger partial charge is 0.393 e. The van der Waals surface area contributed by atoms with E-state index in [1.807, 2.05) is 0 Å². The lowest BCUT2D eigenvalue weighted by atomic mass is 10.0. The molecule has 26 heavy (non-hydrogen) atoms. The quantitative estimate of drug-likeness (QED) is 0.200. The third-order valence-corrected chi connectivity index (χ3v) is 6.58. The summed E-state index contributed by atoms with van der Waals surface area (Å²) >= 11 is 0. The van der Waals surface area contributed by atoms with Crippen LogP contribution in [0, 0.1) is 0 Å². The molecule has 0 radical (unpaired) electrons. The second kappa shape index (κ2) is 17.0. The predicted molar refractivity (Wildman–Crippen MR) is 111 cm³/mol. The Bertz CT molecular complexity index is 395. The molecule has 2 atom stereocenters. The van der Waals surface area contributed by atoms with E-state index in [4.69, 9.17) is 0 Å². The molecule has 4 nitrogen and oxygen atoms in total. The summed E-state index contributed by atoms with van der Waals surface area (Å²) in [7, 11) is -4.00. The molecule has 0 aliphatic heterocycles. The van der Waals surface area contributed by atoms with Crippen molar-refractivity contribution in [3.63, 3.8) is 0 Å². The van der Waals surface area contributed by atoms with E-state index in [1.165, 1.54) is 44.9 Å². The zero-order valence-electron chi connectivity index (χ0n) is 17.3. The molecular weight excluding hydrogens is 348 g/mol. The van der Waals surface area contributed by atoms with Gasteiger partial charge >= 0.3 is 0 Å². The molecule has 0 saturated heterocycles. The van der Waals surface area contributed by atoms with E-state index in [0.717, 1.165) is 44.9 Å². The summed E-state index contributed by atoms with van der Waals surface area (Å²) in [6, 6.07) is 0. The van der Waals surface area contributed by atoms with Crippen LogP contribution in [0.3, 0.4) is 0 Å². The molecule has 2 unspecified atom stereocenters. The van der Waals surface area contributed by atoms with Gasteiger partial charge in [-0.05, 0) is 25.7 Å². The van der Waals surface area contributed by atoms with Crippen LogP contribution in [0.2, 0.25) is 0 Å². The van der Waals surface area contributed by atoms with Gasteiger partial charge in [-0.2, -0.15) is 8.42 Å². The van der Waals surface area contributed by atoms with Gasteiger partial charge in [-0.3, -0.25) is 4.55 Å². The maximum Gasteiger partial charge on any atom is 0.267 e. The fraction of sp³-hybridized carbons (Fsp3) is 1.00. The summed E-state index contributed by atoms with van der Waals surface area (Å²) in [6.07, 6.45) is 16.8. The van der Waals surface area contributed by atoms with Crippen LogP contribution in [0.25, 0.3) is 0 Å². The standard InChI is InChI=1S/C21H44O4S/c1-3-5-7-9-10-11-13-14-16-20(22)18-19-21(26(23,24)25)17-15-12-8-6-4-2/h20-22H,3-19H2,1-2H3,(H,23,24,25). The monoisotopic (exact) mass is 392 g/mol. The number of rotatable bonds is 19. The van der Waals surface area contributed by atoms with Crippen molar-refractivity contribution >= 4 is 10.1 Å². The Labute approximate surface area is 162 Å². The predicted octanol–water partition coefficient (Wildman–Crippen LogP) is 6.28. The molecule has 0 bridgehead atoms. The van der Waals surface area contributed by atoms with Crippen molar-refractivity contribution in [3.05, 3.63) is 0 Å². The Morgan fingerprint density at radius 1 is 0.615 bits per heavy atom. The van der Waals surface area contributed by atoms with Gasteiger partial charge in [0.25, 0.3) is 10.1 Å². The lowest BCUT2D eigenvalue weighted by Gasteiger charge is -2.16. The zero-order chi connectivity index (χ0) is 19.7. The van der Waals surface area contributed by atoms with Crippen LogP contribution in [-0.2, 0) is 10.1 Å². The smallest absolute Gasteiger partial charge is 0.267 e. The van der Waals surface area contributed by atoms with E-state index in [0.29, 0.717) is 19.3 Å². The van der Waals surface area contributed by atoms with Gasteiger partial charge < -0.3 is 5.11 Å². The van der Waals surface area contributed by atoms with Crippen LogP contribution >= 0.6 is 0 Å². The lowest BCUT2D eigenvalue weighted by molar-refractivity contribution is 0.147. The van der Waals surface area contributed by atoms with E-state index < -0.39 is 21.5 Å². The van der Waals surface area contributed by atoms with Crippen molar-refractivity contribution in [2.45, 2.75) is 134 Å². The van der Waals surface area contributed by atoms with Crippen LogP contribution in [0.5, 0.6) is 0 Å². The van der Waals surface area contributed by atoms with Crippen molar-refractivity contribution in [3.8, 4) is 0 Å². The van der Waals surface area contributed by atoms with Gasteiger partial charge in [-0.15, -0.1) is 0 Å². The molecule has 0 spiro atoms. The maximum atomic E-state index is 11.5. The third-order valence-electron chi connectivity index (χ3n) is 5.26. The molecule has 158 valence electrons. The highest BCUT2D eigenvalue weighted by Gasteiger charge is 2.23. The molecule has 0 aromatic rings. The second-order valence-corrected chi connectivity index (χ2v) is 9.53. The average molecular weight is 393 g/mol. The molecule has 0 aromatic carbocycles. The van der Waals surface area contributed by atoms with E-state index in [2.05, 4.69) is 13.8 Å². The van der Waals surface area contributed by atoms with Crippen molar-refractivity contribution in [1.29, 1.82) is 0 Å². The highest BCUT2D eigenvalue weighted by atomic mass is 32.2. The highest BCUT2D eigenvalue weighted by molar-refractivity contribution is 7.86. The first kappa shape index (κ1) is 25.9. The van der Waals surface area contributed by atoms with E-state index >= 15 is 0 Å². The van der Waals surface area contributed by atoms with Gasteiger partial charge in [0, 0.05) is 0 Å². The topological polar surface area (TPSA) is 74.6 Å². The molecule has 5 heteroatoms. The normalized spacial score (nSPS) is 14.5.